The molecule has 232 valence electrons. The van der Waals surface area contributed by atoms with Gasteiger partial charge in [0.05, 0.1) is 6.04 Å². The lowest BCUT2D eigenvalue weighted by Gasteiger charge is -2.26. The van der Waals surface area contributed by atoms with Crippen LogP contribution in [0.5, 0.6) is 0 Å². The van der Waals surface area contributed by atoms with E-state index < -0.39 is 59.8 Å². The van der Waals surface area contributed by atoms with Crippen LogP contribution in [0.4, 0.5) is 0 Å². The van der Waals surface area contributed by atoms with Crippen molar-refractivity contribution in [2.75, 3.05) is 5.75 Å². The Hall–Kier alpha value is -3.58. The van der Waals surface area contributed by atoms with Gasteiger partial charge in [0, 0.05) is 29.3 Å². The van der Waals surface area contributed by atoms with Crippen LogP contribution in [0.2, 0.25) is 0 Å². The minimum atomic E-state index is -1.23. The molecule has 2 aromatic rings. The van der Waals surface area contributed by atoms with Crippen molar-refractivity contribution in [3.8, 4) is 0 Å². The second kappa shape index (κ2) is 16.2. The largest absolute Gasteiger partial charge is 0.480 e. The van der Waals surface area contributed by atoms with E-state index in [4.69, 9.17) is 10.8 Å². The van der Waals surface area contributed by atoms with Gasteiger partial charge in [-0.1, -0.05) is 45.9 Å². The highest BCUT2D eigenvalue weighted by Crippen LogP contribution is 2.19. The number of aromatic nitrogens is 1. The number of rotatable bonds is 16. The minimum absolute atomic E-state index is 0.0387. The number of carbonyl (C=O) groups is 5. The van der Waals surface area contributed by atoms with Crippen LogP contribution in [0.15, 0.2) is 30.5 Å². The van der Waals surface area contributed by atoms with Crippen molar-refractivity contribution in [1.82, 2.24) is 26.3 Å². The number of thiol groups is 1. The number of carboxylic acid groups (broad SMARTS) is 1. The summed E-state index contributed by atoms with van der Waals surface area (Å²) in [7, 11) is 0. The highest BCUT2D eigenvalue weighted by atomic mass is 32.1. The van der Waals surface area contributed by atoms with Crippen molar-refractivity contribution in [3.63, 3.8) is 0 Å². The molecule has 1 heterocycles. The van der Waals surface area contributed by atoms with E-state index in [1.807, 2.05) is 52.0 Å². The van der Waals surface area contributed by atoms with Crippen LogP contribution >= 0.6 is 12.6 Å². The van der Waals surface area contributed by atoms with E-state index in [1.54, 1.807) is 6.20 Å². The maximum atomic E-state index is 13.6. The molecule has 1 aromatic heterocycles. The topological polar surface area (TPSA) is 196 Å². The summed E-state index contributed by atoms with van der Waals surface area (Å²) in [6.45, 7) is 9.00. The molecule has 0 bridgehead atoms. The molecule has 1 aromatic carbocycles. The highest BCUT2D eigenvalue weighted by molar-refractivity contribution is 7.80. The summed E-state index contributed by atoms with van der Waals surface area (Å²) >= 11 is 4.16. The molecule has 8 N–H and O–H groups in total. The molecular formula is C29H44N6O6S. The van der Waals surface area contributed by atoms with Gasteiger partial charge < -0.3 is 37.1 Å². The Morgan fingerprint density at radius 3 is 1.95 bits per heavy atom. The van der Waals surface area contributed by atoms with Crippen LogP contribution in [0.1, 0.15) is 53.0 Å². The Morgan fingerprint density at radius 2 is 1.36 bits per heavy atom. The molecule has 0 aliphatic heterocycles. The lowest BCUT2D eigenvalue weighted by atomic mass is 9.99. The number of H-pyrrole nitrogens is 1. The number of carboxylic acids is 1. The molecule has 0 fully saturated rings. The standard InChI is InChI=1S/C29H44N6O6S/c1-15(2)10-20(30)25(36)33-22(11-16(3)4)26(37)34-23(12-18-13-31-21-9-7-6-8-19(18)21)27(38)35-24(14-42)28(39)32-17(5)29(40)41/h6-9,13,15-17,20,22-24,31,42H,10-12,14,30H2,1-5H3,(H,32,39)(H,33,36)(H,34,37)(H,35,38)(H,40,41)/t17-,20-,22-,23-,24-/m0/s1. The third-order valence-electron chi connectivity index (χ3n) is 6.68. The molecule has 42 heavy (non-hydrogen) atoms. The van der Waals surface area contributed by atoms with Gasteiger partial charge in [0.25, 0.3) is 0 Å². The van der Waals surface area contributed by atoms with Crippen molar-refractivity contribution in [2.24, 2.45) is 17.6 Å². The van der Waals surface area contributed by atoms with Crippen molar-refractivity contribution in [1.29, 1.82) is 0 Å². The summed E-state index contributed by atoms with van der Waals surface area (Å²) in [5.74, 6) is -3.55. The average Bonchev–Trinajstić information content (AvgIpc) is 3.32. The number of aliphatic carboxylic acids is 1. The molecule has 13 heteroatoms. The molecule has 0 saturated carbocycles. The van der Waals surface area contributed by atoms with Gasteiger partial charge in [-0.15, -0.1) is 0 Å². The van der Waals surface area contributed by atoms with Crippen molar-refractivity contribution < 1.29 is 29.1 Å². The minimum Gasteiger partial charge on any atom is -0.480 e. The van der Waals surface area contributed by atoms with Gasteiger partial charge in [-0.25, -0.2) is 0 Å². The normalized spacial score (nSPS) is 15.0. The first-order valence-corrected chi connectivity index (χ1v) is 14.7. The van der Waals surface area contributed by atoms with E-state index in [2.05, 4.69) is 38.9 Å². The number of carbonyl (C=O) groups excluding carboxylic acids is 4. The Labute approximate surface area is 251 Å². The van der Waals surface area contributed by atoms with Gasteiger partial charge in [-0.2, -0.15) is 12.6 Å². The Bertz CT molecular complexity index is 1250. The summed E-state index contributed by atoms with van der Waals surface area (Å²) in [6.07, 6.45) is 2.57. The fourth-order valence-corrected chi connectivity index (χ4v) is 4.70. The van der Waals surface area contributed by atoms with Crippen molar-refractivity contribution in [2.45, 2.75) is 84.1 Å². The first-order chi connectivity index (χ1) is 19.7. The zero-order valence-corrected chi connectivity index (χ0v) is 25.7. The molecule has 0 radical (unpaired) electrons. The molecule has 0 aliphatic rings. The molecule has 0 saturated heterocycles. The van der Waals surface area contributed by atoms with Gasteiger partial charge in [-0.05, 0) is 43.2 Å². The van der Waals surface area contributed by atoms with Gasteiger partial charge in [-0.3, -0.25) is 24.0 Å². The molecule has 5 atom stereocenters. The monoisotopic (exact) mass is 604 g/mol. The first kappa shape index (κ1) is 34.6. The molecule has 12 nitrogen and oxygen atoms in total. The predicted molar refractivity (Wildman–Crippen MR) is 164 cm³/mol. The first-order valence-electron chi connectivity index (χ1n) is 14.1. The van der Waals surface area contributed by atoms with E-state index >= 15 is 0 Å². The Kier molecular flexibility index (Phi) is 13.3. The number of fused-ring (bicyclic) bond motifs is 1. The third-order valence-corrected chi connectivity index (χ3v) is 7.04. The average molecular weight is 605 g/mol. The van der Waals surface area contributed by atoms with Gasteiger partial charge in [0.1, 0.15) is 24.2 Å². The lowest BCUT2D eigenvalue weighted by molar-refractivity contribution is -0.141. The number of nitrogens with two attached hydrogens (primary N) is 1. The maximum Gasteiger partial charge on any atom is 0.325 e. The number of nitrogens with one attached hydrogen (secondary N) is 5. The molecule has 0 unspecified atom stereocenters. The molecule has 4 amide bonds. The molecule has 2 rings (SSSR count). The SMILES string of the molecule is CC(C)C[C@H](NC(=O)[C@@H](N)CC(C)C)C(=O)N[C@@H](Cc1c[nH]c2ccccc12)C(=O)N[C@@H](CS)C(=O)N[C@@H](C)C(=O)O. The Balaban J connectivity index is 2.32. The van der Waals surface area contributed by atoms with E-state index in [0.29, 0.717) is 12.8 Å². The summed E-state index contributed by atoms with van der Waals surface area (Å²) in [4.78, 5) is 66.9. The number of hydrogen-bond donors (Lipinski definition) is 8. The van der Waals surface area contributed by atoms with Gasteiger partial charge in [0.2, 0.25) is 23.6 Å². The smallest absolute Gasteiger partial charge is 0.325 e. The number of amides is 4. The van der Waals surface area contributed by atoms with Crippen LogP contribution in [-0.4, -0.2) is 75.7 Å². The number of para-hydroxylation sites is 1. The van der Waals surface area contributed by atoms with Crippen LogP contribution in [0.3, 0.4) is 0 Å². The van der Waals surface area contributed by atoms with E-state index in [1.165, 1.54) is 6.92 Å². The second-order valence-electron chi connectivity index (χ2n) is 11.4. The fraction of sp³-hybridized carbons (Fsp3) is 0.552. The zero-order valence-electron chi connectivity index (χ0n) is 24.8. The van der Waals surface area contributed by atoms with Crippen LogP contribution in [0.25, 0.3) is 10.9 Å². The second-order valence-corrected chi connectivity index (χ2v) is 11.7. The zero-order chi connectivity index (χ0) is 31.6. The third kappa shape index (κ3) is 10.4. The van der Waals surface area contributed by atoms with Crippen LogP contribution < -0.4 is 27.0 Å². The van der Waals surface area contributed by atoms with Crippen LogP contribution in [0, 0.1) is 11.8 Å². The van der Waals surface area contributed by atoms with E-state index in [0.717, 1.165) is 16.5 Å². The summed E-state index contributed by atoms with van der Waals surface area (Å²) < 4.78 is 0. The number of aromatic amines is 1. The number of hydrogen-bond acceptors (Lipinski definition) is 7. The van der Waals surface area contributed by atoms with Crippen molar-refractivity contribution >= 4 is 53.1 Å². The summed E-state index contributed by atoms with van der Waals surface area (Å²) in [6, 6.07) is 2.26. The van der Waals surface area contributed by atoms with E-state index in [-0.39, 0.29) is 24.0 Å². The molecule has 0 spiro atoms. The summed E-state index contributed by atoms with van der Waals surface area (Å²) in [5, 5.41) is 20.4. The van der Waals surface area contributed by atoms with Gasteiger partial charge >= 0.3 is 5.97 Å². The Morgan fingerprint density at radius 1 is 0.810 bits per heavy atom. The predicted octanol–water partition coefficient (Wildman–Crippen LogP) is 1.10. The molecular weight excluding hydrogens is 560 g/mol. The van der Waals surface area contributed by atoms with Crippen LogP contribution in [-0.2, 0) is 30.4 Å². The maximum absolute atomic E-state index is 13.6. The molecule has 0 aliphatic carbocycles. The number of benzene rings is 1. The van der Waals surface area contributed by atoms with Crippen molar-refractivity contribution in [3.05, 3.63) is 36.0 Å². The van der Waals surface area contributed by atoms with E-state index in [9.17, 15) is 24.0 Å². The quantitative estimate of drug-likeness (QED) is 0.131. The lowest BCUT2D eigenvalue weighted by Crippen LogP contribution is -2.59. The van der Waals surface area contributed by atoms with Gasteiger partial charge in [0.15, 0.2) is 0 Å². The summed E-state index contributed by atoms with van der Waals surface area (Å²) in [5.41, 5.74) is 7.64. The fourth-order valence-electron chi connectivity index (χ4n) is 4.44. The highest BCUT2D eigenvalue weighted by Gasteiger charge is 2.32.